The van der Waals surface area contributed by atoms with Crippen LogP contribution in [0.25, 0.3) is 0 Å². The van der Waals surface area contributed by atoms with E-state index < -0.39 is 0 Å². The lowest BCUT2D eigenvalue weighted by molar-refractivity contribution is 0.215. The third-order valence-electron chi connectivity index (χ3n) is 3.87. The van der Waals surface area contributed by atoms with Gasteiger partial charge in [0.2, 0.25) is 5.96 Å². The van der Waals surface area contributed by atoms with Crippen molar-refractivity contribution in [3.05, 3.63) is 59.6 Å². The van der Waals surface area contributed by atoms with Crippen LogP contribution in [-0.2, 0) is 0 Å². The highest BCUT2D eigenvalue weighted by atomic mass is 35.5. The van der Waals surface area contributed by atoms with E-state index in [9.17, 15) is 0 Å². The molecule has 1 aliphatic heterocycles. The van der Waals surface area contributed by atoms with Gasteiger partial charge in [0.1, 0.15) is 0 Å². The fourth-order valence-corrected chi connectivity index (χ4v) is 2.71. The van der Waals surface area contributed by atoms with Crippen molar-refractivity contribution in [3.63, 3.8) is 0 Å². The highest BCUT2D eigenvalue weighted by molar-refractivity contribution is 6.30. The van der Waals surface area contributed by atoms with Crippen molar-refractivity contribution < 1.29 is 0 Å². The molecule has 1 saturated heterocycles. The standard InChI is InChI=1S/C18H21ClN4/c1-22-10-12-23(13-11-22)18(20-16-7-3-2-4-8-16)21-17-9-5-6-15(19)14-17/h2-9,14H,10-13H2,1H3,(H,20,21). The van der Waals surface area contributed by atoms with Crippen molar-refractivity contribution in [1.29, 1.82) is 0 Å². The van der Waals surface area contributed by atoms with Gasteiger partial charge in [-0.1, -0.05) is 35.9 Å². The van der Waals surface area contributed by atoms with Crippen LogP contribution in [0.15, 0.2) is 59.6 Å². The summed E-state index contributed by atoms with van der Waals surface area (Å²) >= 11 is 6.09. The Bertz CT molecular complexity index is 664. The lowest BCUT2D eigenvalue weighted by Crippen LogP contribution is -2.49. The molecule has 0 aliphatic carbocycles. The van der Waals surface area contributed by atoms with Gasteiger partial charge < -0.3 is 15.1 Å². The van der Waals surface area contributed by atoms with Crippen LogP contribution in [0, 0.1) is 0 Å². The summed E-state index contributed by atoms with van der Waals surface area (Å²) in [4.78, 5) is 9.42. The molecule has 120 valence electrons. The third kappa shape index (κ3) is 4.47. The van der Waals surface area contributed by atoms with E-state index in [1.165, 1.54) is 0 Å². The smallest absolute Gasteiger partial charge is 0.203 e. The molecule has 0 atom stereocenters. The molecule has 4 nitrogen and oxygen atoms in total. The molecule has 0 spiro atoms. The maximum atomic E-state index is 6.09. The van der Waals surface area contributed by atoms with Crippen molar-refractivity contribution in [1.82, 2.24) is 9.80 Å². The number of aliphatic imine (C=N–C) groups is 1. The molecule has 1 heterocycles. The van der Waals surface area contributed by atoms with E-state index in [0.717, 1.165) is 43.5 Å². The van der Waals surface area contributed by atoms with Gasteiger partial charge in [0, 0.05) is 36.9 Å². The molecule has 0 radical (unpaired) electrons. The zero-order valence-electron chi connectivity index (χ0n) is 13.2. The molecule has 1 N–H and O–H groups in total. The zero-order valence-corrected chi connectivity index (χ0v) is 14.0. The average molecular weight is 329 g/mol. The lowest BCUT2D eigenvalue weighted by Gasteiger charge is -2.34. The van der Waals surface area contributed by atoms with Crippen LogP contribution in [0.5, 0.6) is 0 Å². The van der Waals surface area contributed by atoms with E-state index >= 15 is 0 Å². The molecule has 0 aromatic heterocycles. The Morgan fingerprint density at radius 1 is 1.00 bits per heavy atom. The Morgan fingerprint density at radius 2 is 1.74 bits per heavy atom. The number of hydrogen-bond donors (Lipinski definition) is 1. The van der Waals surface area contributed by atoms with Gasteiger partial charge in [-0.3, -0.25) is 0 Å². The zero-order chi connectivity index (χ0) is 16.1. The summed E-state index contributed by atoms with van der Waals surface area (Å²) in [5.74, 6) is 0.867. The van der Waals surface area contributed by atoms with Crippen molar-refractivity contribution in [2.75, 3.05) is 38.5 Å². The summed E-state index contributed by atoms with van der Waals surface area (Å²) in [5.41, 5.74) is 1.89. The summed E-state index contributed by atoms with van der Waals surface area (Å²) in [7, 11) is 2.15. The molecule has 1 aliphatic rings. The lowest BCUT2D eigenvalue weighted by atomic mass is 10.3. The van der Waals surface area contributed by atoms with Crippen LogP contribution in [0.1, 0.15) is 0 Å². The van der Waals surface area contributed by atoms with Gasteiger partial charge in [0.15, 0.2) is 0 Å². The van der Waals surface area contributed by atoms with Crippen LogP contribution in [-0.4, -0.2) is 49.0 Å². The fraction of sp³-hybridized carbons (Fsp3) is 0.278. The SMILES string of the molecule is CN1CCN(C(=Nc2ccccc2)Nc2cccc(Cl)c2)CC1. The van der Waals surface area contributed by atoms with E-state index in [1.807, 2.05) is 54.6 Å². The maximum absolute atomic E-state index is 6.09. The quantitative estimate of drug-likeness (QED) is 0.674. The van der Waals surface area contributed by atoms with Gasteiger partial charge in [0.25, 0.3) is 0 Å². The Hall–Kier alpha value is -2.04. The Balaban J connectivity index is 1.85. The molecule has 3 rings (SSSR count). The molecule has 23 heavy (non-hydrogen) atoms. The monoisotopic (exact) mass is 328 g/mol. The molecule has 2 aromatic rings. The topological polar surface area (TPSA) is 30.9 Å². The number of guanidine groups is 1. The Kier molecular flexibility index (Phi) is 5.16. The number of nitrogens with one attached hydrogen (secondary N) is 1. The highest BCUT2D eigenvalue weighted by Gasteiger charge is 2.18. The number of rotatable bonds is 2. The largest absolute Gasteiger partial charge is 0.340 e. The molecular weight excluding hydrogens is 308 g/mol. The predicted molar refractivity (Wildman–Crippen MR) is 97.7 cm³/mol. The minimum absolute atomic E-state index is 0.715. The highest BCUT2D eigenvalue weighted by Crippen LogP contribution is 2.18. The van der Waals surface area contributed by atoms with Gasteiger partial charge in [-0.25, -0.2) is 4.99 Å². The second-order valence-corrected chi connectivity index (χ2v) is 6.13. The number of piperazine rings is 1. The predicted octanol–water partition coefficient (Wildman–Crippen LogP) is 3.69. The Morgan fingerprint density at radius 3 is 2.43 bits per heavy atom. The molecule has 5 heteroatoms. The number of nitrogens with zero attached hydrogens (tertiary/aromatic N) is 3. The van der Waals surface area contributed by atoms with E-state index in [-0.39, 0.29) is 0 Å². The second-order valence-electron chi connectivity index (χ2n) is 5.70. The van der Waals surface area contributed by atoms with Crippen molar-refractivity contribution >= 4 is 28.9 Å². The van der Waals surface area contributed by atoms with Crippen LogP contribution in [0.4, 0.5) is 11.4 Å². The number of para-hydroxylation sites is 1. The van der Waals surface area contributed by atoms with Crippen LogP contribution in [0.2, 0.25) is 5.02 Å². The number of anilines is 1. The van der Waals surface area contributed by atoms with E-state index in [4.69, 9.17) is 16.6 Å². The molecule has 0 saturated carbocycles. The summed E-state index contributed by atoms with van der Waals surface area (Å²) < 4.78 is 0. The van der Waals surface area contributed by atoms with Gasteiger partial charge in [-0.05, 0) is 37.4 Å². The first-order chi connectivity index (χ1) is 11.2. The van der Waals surface area contributed by atoms with Crippen molar-refractivity contribution in [2.24, 2.45) is 4.99 Å². The molecule has 1 fully saturated rings. The van der Waals surface area contributed by atoms with Gasteiger partial charge in [-0.2, -0.15) is 0 Å². The van der Waals surface area contributed by atoms with Gasteiger partial charge in [-0.15, -0.1) is 0 Å². The van der Waals surface area contributed by atoms with Crippen LogP contribution < -0.4 is 5.32 Å². The third-order valence-corrected chi connectivity index (χ3v) is 4.11. The number of halogens is 1. The average Bonchev–Trinajstić information content (AvgIpc) is 2.56. The minimum Gasteiger partial charge on any atom is -0.340 e. The molecule has 0 unspecified atom stereocenters. The first kappa shape index (κ1) is 15.8. The number of hydrogen-bond acceptors (Lipinski definition) is 2. The van der Waals surface area contributed by atoms with Gasteiger partial charge >= 0.3 is 0 Å². The molecule has 0 bridgehead atoms. The molecular formula is C18H21ClN4. The van der Waals surface area contributed by atoms with E-state index in [0.29, 0.717) is 5.02 Å². The van der Waals surface area contributed by atoms with Gasteiger partial charge in [0.05, 0.1) is 5.69 Å². The first-order valence-corrected chi connectivity index (χ1v) is 8.18. The van der Waals surface area contributed by atoms with Crippen LogP contribution >= 0.6 is 11.6 Å². The number of benzene rings is 2. The second kappa shape index (κ2) is 7.49. The van der Waals surface area contributed by atoms with Crippen LogP contribution in [0.3, 0.4) is 0 Å². The fourth-order valence-electron chi connectivity index (χ4n) is 2.52. The normalized spacial score (nSPS) is 16.4. The van der Waals surface area contributed by atoms with E-state index in [2.05, 4.69) is 22.2 Å². The molecule has 0 amide bonds. The molecule has 2 aromatic carbocycles. The van der Waals surface area contributed by atoms with E-state index in [1.54, 1.807) is 0 Å². The van der Waals surface area contributed by atoms with Crippen molar-refractivity contribution in [3.8, 4) is 0 Å². The van der Waals surface area contributed by atoms with Crippen molar-refractivity contribution in [2.45, 2.75) is 0 Å². The summed E-state index contributed by atoms with van der Waals surface area (Å²) in [5, 5.41) is 4.14. The number of likely N-dealkylation sites (N-methyl/N-ethyl adjacent to an activating group) is 1. The minimum atomic E-state index is 0.715. The first-order valence-electron chi connectivity index (χ1n) is 7.80. The summed E-state index contributed by atoms with van der Waals surface area (Å²) in [6, 6.07) is 17.7. The maximum Gasteiger partial charge on any atom is 0.203 e. The summed E-state index contributed by atoms with van der Waals surface area (Å²) in [6.45, 7) is 3.97. The Labute approximate surface area is 142 Å². The summed E-state index contributed by atoms with van der Waals surface area (Å²) in [6.07, 6.45) is 0.